The Bertz CT molecular complexity index is 3200. The van der Waals surface area contributed by atoms with E-state index in [4.69, 9.17) is 19.4 Å². The van der Waals surface area contributed by atoms with Crippen LogP contribution in [0.2, 0.25) is 0 Å². The lowest BCUT2D eigenvalue weighted by Gasteiger charge is -2.26. The summed E-state index contributed by atoms with van der Waals surface area (Å²) in [5.41, 5.74) is 23.1. The number of hydrogen-bond donors (Lipinski definition) is 0. The molecule has 0 spiro atoms. The second kappa shape index (κ2) is 15.8. The van der Waals surface area contributed by atoms with Crippen molar-refractivity contribution in [2.24, 2.45) is 0 Å². The van der Waals surface area contributed by atoms with Crippen LogP contribution in [0.1, 0.15) is 33.4 Å². The average molecular weight is 803 g/mol. The highest BCUT2D eigenvalue weighted by Gasteiger charge is 2.23. The summed E-state index contributed by atoms with van der Waals surface area (Å²) in [6, 6.07) is 59.5. The number of aromatic nitrogens is 3. The highest BCUT2D eigenvalue weighted by molar-refractivity contribution is 6.04. The van der Waals surface area contributed by atoms with Crippen LogP contribution in [0.4, 0.5) is 17.1 Å². The molecule has 0 aliphatic rings. The number of nitrogens with zero attached hydrogens (tertiary/aromatic N) is 4. The number of anilines is 3. The number of para-hydroxylation sites is 3. The summed E-state index contributed by atoms with van der Waals surface area (Å²) in [6.07, 6.45) is 0. The SMILES string of the molecule is Cc1cc(C)c(-c2ccc(-c3c(C)cc(C)cc3C)c3nc(-c4ccc(N(c5ccccc5)c5ccc(-c6nc7ccccc7o6)cc5)cc4)c(-c4ccccc4)nc23)c(C)c1. The fourth-order valence-corrected chi connectivity index (χ4v) is 9.29. The normalized spacial score (nSPS) is 11.4. The smallest absolute Gasteiger partial charge is 0.227 e. The molecule has 0 bridgehead atoms. The van der Waals surface area contributed by atoms with E-state index < -0.39 is 0 Å². The Morgan fingerprint density at radius 1 is 0.387 bits per heavy atom. The number of hydrogen-bond acceptors (Lipinski definition) is 5. The van der Waals surface area contributed by atoms with Crippen molar-refractivity contribution in [2.75, 3.05) is 4.90 Å². The maximum absolute atomic E-state index is 6.10. The topological polar surface area (TPSA) is 55.1 Å². The van der Waals surface area contributed by atoms with Crippen LogP contribution >= 0.6 is 0 Å². The Kier molecular flexibility index (Phi) is 9.80. The molecule has 0 aliphatic carbocycles. The lowest BCUT2D eigenvalue weighted by molar-refractivity contribution is 0.620. The van der Waals surface area contributed by atoms with Gasteiger partial charge in [0.05, 0.1) is 22.4 Å². The first-order chi connectivity index (χ1) is 30.2. The van der Waals surface area contributed by atoms with Crippen molar-refractivity contribution < 1.29 is 4.42 Å². The summed E-state index contributed by atoms with van der Waals surface area (Å²) < 4.78 is 6.10. The number of rotatable bonds is 8. The second-order valence-electron chi connectivity index (χ2n) is 16.4. The molecule has 62 heavy (non-hydrogen) atoms. The molecule has 0 atom stereocenters. The zero-order chi connectivity index (χ0) is 42.5. The highest BCUT2D eigenvalue weighted by atomic mass is 16.3. The summed E-state index contributed by atoms with van der Waals surface area (Å²) in [7, 11) is 0. The van der Waals surface area contributed by atoms with Crippen molar-refractivity contribution in [3.05, 3.63) is 203 Å². The highest BCUT2D eigenvalue weighted by Crippen LogP contribution is 2.43. The van der Waals surface area contributed by atoms with Gasteiger partial charge < -0.3 is 9.32 Å². The fourth-order valence-electron chi connectivity index (χ4n) is 9.29. The van der Waals surface area contributed by atoms with E-state index in [0.717, 1.165) is 78.4 Å². The lowest BCUT2D eigenvalue weighted by Crippen LogP contribution is -2.09. The Labute approximate surface area is 363 Å². The van der Waals surface area contributed by atoms with Gasteiger partial charge in [-0.05, 0) is 136 Å². The van der Waals surface area contributed by atoms with Gasteiger partial charge in [0, 0.05) is 44.9 Å². The van der Waals surface area contributed by atoms with E-state index in [0.29, 0.717) is 5.89 Å². The third-order valence-corrected chi connectivity index (χ3v) is 11.8. The second-order valence-corrected chi connectivity index (χ2v) is 16.4. The van der Waals surface area contributed by atoms with Gasteiger partial charge in [-0.25, -0.2) is 15.0 Å². The van der Waals surface area contributed by atoms with E-state index in [9.17, 15) is 0 Å². The number of benzene rings is 8. The minimum Gasteiger partial charge on any atom is -0.436 e. The van der Waals surface area contributed by atoms with Crippen molar-refractivity contribution in [2.45, 2.75) is 41.5 Å². The maximum Gasteiger partial charge on any atom is 0.227 e. The predicted molar refractivity (Wildman–Crippen MR) is 257 cm³/mol. The van der Waals surface area contributed by atoms with Gasteiger partial charge in [-0.2, -0.15) is 0 Å². The van der Waals surface area contributed by atoms with Crippen LogP contribution in [0.25, 0.3) is 78.4 Å². The Hall–Kier alpha value is -7.63. The molecular formula is C57H46N4O. The fraction of sp³-hybridized carbons (Fsp3) is 0.105. The van der Waals surface area contributed by atoms with Gasteiger partial charge in [0.15, 0.2) is 5.58 Å². The summed E-state index contributed by atoms with van der Waals surface area (Å²) in [4.78, 5) is 18.4. The lowest BCUT2D eigenvalue weighted by atomic mass is 9.88. The van der Waals surface area contributed by atoms with Gasteiger partial charge >= 0.3 is 0 Å². The van der Waals surface area contributed by atoms with Crippen LogP contribution in [0, 0.1) is 41.5 Å². The first-order valence-electron chi connectivity index (χ1n) is 21.2. The maximum atomic E-state index is 6.10. The van der Waals surface area contributed by atoms with Crippen molar-refractivity contribution in [3.8, 4) is 56.2 Å². The largest absolute Gasteiger partial charge is 0.436 e. The van der Waals surface area contributed by atoms with E-state index in [1.807, 2.05) is 30.3 Å². The van der Waals surface area contributed by atoms with Crippen LogP contribution in [0.5, 0.6) is 0 Å². The molecule has 8 aromatic carbocycles. The molecule has 5 heteroatoms. The Balaban J connectivity index is 1.15. The zero-order valence-corrected chi connectivity index (χ0v) is 35.9. The monoisotopic (exact) mass is 802 g/mol. The molecule has 0 fully saturated rings. The van der Waals surface area contributed by atoms with Gasteiger partial charge in [0.2, 0.25) is 5.89 Å². The number of oxazole rings is 1. The molecule has 0 amide bonds. The minimum atomic E-state index is 0.603. The molecule has 0 radical (unpaired) electrons. The molecule has 10 rings (SSSR count). The molecule has 5 nitrogen and oxygen atoms in total. The average Bonchev–Trinajstić information content (AvgIpc) is 3.72. The van der Waals surface area contributed by atoms with Crippen molar-refractivity contribution in [3.63, 3.8) is 0 Å². The first kappa shape index (κ1) is 38.6. The van der Waals surface area contributed by atoms with E-state index in [1.54, 1.807) is 0 Å². The molecule has 0 unspecified atom stereocenters. The first-order valence-corrected chi connectivity index (χ1v) is 21.2. The molecular weight excluding hydrogens is 757 g/mol. The minimum absolute atomic E-state index is 0.603. The predicted octanol–water partition coefficient (Wildman–Crippen LogP) is 15.4. The molecule has 0 N–H and O–H groups in total. The molecule has 2 aromatic heterocycles. The van der Waals surface area contributed by atoms with Gasteiger partial charge in [-0.1, -0.05) is 120 Å². The quantitative estimate of drug-likeness (QED) is 0.153. The van der Waals surface area contributed by atoms with Crippen LogP contribution in [0.3, 0.4) is 0 Å². The summed E-state index contributed by atoms with van der Waals surface area (Å²) >= 11 is 0. The molecule has 0 saturated heterocycles. The van der Waals surface area contributed by atoms with Crippen molar-refractivity contribution in [1.29, 1.82) is 0 Å². The van der Waals surface area contributed by atoms with Gasteiger partial charge in [-0.3, -0.25) is 0 Å². The van der Waals surface area contributed by atoms with Crippen LogP contribution < -0.4 is 4.90 Å². The Morgan fingerprint density at radius 2 is 0.806 bits per heavy atom. The van der Waals surface area contributed by atoms with Gasteiger partial charge in [0.25, 0.3) is 0 Å². The third kappa shape index (κ3) is 7.01. The van der Waals surface area contributed by atoms with E-state index >= 15 is 0 Å². The van der Waals surface area contributed by atoms with E-state index in [2.05, 4.69) is 186 Å². The number of aryl methyl sites for hydroxylation is 6. The van der Waals surface area contributed by atoms with Crippen molar-refractivity contribution in [1.82, 2.24) is 15.0 Å². The van der Waals surface area contributed by atoms with Crippen LogP contribution in [-0.2, 0) is 0 Å². The zero-order valence-electron chi connectivity index (χ0n) is 35.9. The van der Waals surface area contributed by atoms with E-state index in [1.165, 1.54) is 44.5 Å². The molecule has 2 heterocycles. The summed E-state index contributed by atoms with van der Waals surface area (Å²) in [6.45, 7) is 13.1. The Morgan fingerprint density at radius 3 is 1.31 bits per heavy atom. The van der Waals surface area contributed by atoms with Crippen LogP contribution in [-0.4, -0.2) is 15.0 Å². The number of fused-ring (bicyclic) bond motifs is 2. The third-order valence-electron chi connectivity index (χ3n) is 11.8. The van der Waals surface area contributed by atoms with Crippen molar-refractivity contribution >= 4 is 39.2 Å². The molecule has 0 aliphatic heterocycles. The molecule has 10 aromatic rings. The molecule has 300 valence electrons. The molecule has 0 saturated carbocycles. The summed E-state index contributed by atoms with van der Waals surface area (Å²) in [5.74, 6) is 0.603. The standard InChI is InChI=1S/C57H46N4O/c1-35-31-37(3)51(38(4)32-35)47-29-30-48(52-39(5)33-36(2)34-40(52)6)56-55(47)59-53(41-15-9-7-10-16-41)54(60-56)42-21-25-45(26-22-42)61(44-17-11-8-12-18-44)46-27-23-43(24-28-46)57-58-49-19-13-14-20-50(49)62-57/h7-34H,1-6H3. The van der Waals surface area contributed by atoms with Gasteiger partial charge in [0.1, 0.15) is 5.52 Å². The van der Waals surface area contributed by atoms with Gasteiger partial charge in [-0.15, -0.1) is 0 Å². The summed E-state index contributed by atoms with van der Waals surface area (Å²) in [5, 5.41) is 0. The van der Waals surface area contributed by atoms with Crippen LogP contribution in [0.15, 0.2) is 174 Å². The van der Waals surface area contributed by atoms with E-state index in [-0.39, 0.29) is 0 Å².